The first kappa shape index (κ1) is 22.0. The molecule has 2 amide bonds. The molecule has 1 fully saturated rings. The van der Waals surface area contributed by atoms with Crippen molar-refractivity contribution in [1.29, 1.82) is 0 Å². The lowest BCUT2D eigenvalue weighted by Crippen LogP contribution is -2.21. The van der Waals surface area contributed by atoms with E-state index < -0.39 is 23.8 Å². The third-order valence-electron chi connectivity index (χ3n) is 4.48. The minimum Gasteiger partial charge on any atom is -0.366 e. The van der Waals surface area contributed by atoms with Crippen LogP contribution in [0.5, 0.6) is 0 Å². The Morgan fingerprint density at radius 3 is 2.50 bits per heavy atom. The highest BCUT2D eigenvalue weighted by Gasteiger charge is 2.37. The van der Waals surface area contributed by atoms with Crippen molar-refractivity contribution in [2.45, 2.75) is 31.6 Å². The Morgan fingerprint density at radius 1 is 1.19 bits per heavy atom. The molecule has 4 rings (SSSR count). The highest BCUT2D eigenvalue weighted by atomic mass is 35.5. The molecule has 0 radical (unpaired) electrons. The number of nitrogens with one attached hydrogen (secondary N) is 1. The van der Waals surface area contributed by atoms with Crippen molar-refractivity contribution < 1.29 is 22.8 Å². The molecule has 3 N–H and O–H groups in total. The van der Waals surface area contributed by atoms with E-state index in [1.165, 1.54) is 22.9 Å². The second-order valence-electron chi connectivity index (χ2n) is 6.97. The Balaban J connectivity index is 1.62. The van der Waals surface area contributed by atoms with Crippen LogP contribution in [0.15, 0.2) is 18.2 Å². The molecule has 0 unspecified atom stereocenters. The van der Waals surface area contributed by atoms with E-state index in [2.05, 4.69) is 25.8 Å². The minimum atomic E-state index is -4.73. The molecule has 2 heterocycles. The Labute approximate surface area is 187 Å². The van der Waals surface area contributed by atoms with Crippen LogP contribution in [-0.4, -0.2) is 41.8 Å². The van der Waals surface area contributed by atoms with Crippen LogP contribution < -0.4 is 11.1 Å². The van der Waals surface area contributed by atoms with Gasteiger partial charge in [-0.2, -0.15) is 23.1 Å². The van der Waals surface area contributed by atoms with Gasteiger partial charge in [0.15, 0.2) is 0 Å². The van der Waals surface area contributed by atoms with Crippen LogP contribution >= 0.6 is 23.2 Å². The number of carbonyl (C=O) groups excluding carboxylic acids is 2. The van der Waals surface area contributed by atoms with Crippen molar-refractivity contribution in [3.8, 4) is 0 Å². The molecule has 0 aliphatic heterocycles. The number of tetrazole rings is 1. The predicted molar refractivity (Wildman–Crippen MR) is 105 cm³/mol. The maximum absolute atomic E-state index is 13.0. The van der Waals surface area contributed by atoms with Gasteiger partial charge in [-0.25, -0.2) is 0 Å². The number of nitrogens with two attached hydrogens (primary N) is 1. The number of halogens is 5. The molecule has 32 heavy (non-hydrogen) atoms. The standard InChI is InChI=1S/C17H13Cl2F3N8O2/c18-7-3-10(14(23)31)13(11(19)4-7)24-15(32)12-5-8(26-30(12)9-1-2-9)6-29-27-16(25-28-29)17(20,21)22/h3-5,9H,1-2,6H2,(H2,23,31)(H,24,32). The van der Waals surface area contributed by atoms with E-state index in [0.717, 1.165) is 17.6 Å². The van der Waals surface area contributed by atoms with Crippen LogP contribution in [0.1, 0.15) is 51.2 Å². The number of primary amides is 1. The van der Waals surface area contributed by atoms with E-state index in [4.69, 9.17) is 28.9 Å². The number of nitrogens with zero attached hydrogens (tertiary/aromatic N) is 6. The van der Waals surface area contributed by atoms with Gasteiger partial charge in [0.25, 0.3) is 17.6 Å². The summed E-state index contributed by atoms with van der Waals surface area (Å²) in [6.45, 7) is -0.239. The zero-order valence-corrected chi connectivity index (χ0v) is 17.4. The van der Waals surface area contributed by atoms with Gasteiger partial charge in [0.2, 0.25) is 0 Å². The lowest BCUT2D eigenvalue weighted by Gasteiger charge is -2.12. The van der Waals surface area contributed by atoms with Crippen LogP contribution in [0, 0.1) is 0 Å². The number of amides is 2. The minimum absolute atomic E-state index is 0.00357. The Kier molecular flexibility index (Phi) is 5.54. The van der Waals surface area contributed by atoms with Crippen LogP contribution in [0.2, 0.25) is 10.0 Å². The van der Waals surface area contributed by atoms with Crippen molar-refractivity contribution in [2.24, 2.45) is 5.73 Å². The molecular weight excluding hydrogens is 476 g/mol. The molecule has 10 nitrogen and oxygen atoms in total. The Bertz CT molecular complexity index is 1220. The zero-order chi connectivity index (χ0) is 23.2. The van der Waals surface area contributed by atoms with Crippen molar-refractivity contribution >= 4 is 40.7 Å². The summed E-state index contributed by atoms with van der Waals surface area (Å²) < 4.78 is 39.5. The first-order valence-corrected chi connectivity index (χ1v) is 9.82. The maximum Gasteiger partial charge on any atom is 0.455 e. The molecule has 168 valence electrons. The molecule has 0 atom stereocenters. The van der Waals surface area contributed by atoms with E-state index in [9.17, 15) is 22.8 Å². The SMILES string of the molecule is NC(=O)c1cc(Cl)cc(Cl)c1NC(=O)c1cc(Cn2nnc(C(F)(F)F)n2)nn1C1CC1. The maximum atomic E-state index is 13.0. The van der Waals surface area contributed by atoms with E-state index in [0.29, 0.717) is 0 Å². The van der Waals surface area contributed by atoms with E-state index in [-0.39, 0.29) is 45.3 Å². The number of hydrogen-bond acceptors (Lipinski definition) is 6. The van der Waals surface area contributed by atoms with Crippen LogP contribution in [0.4, 0.5) is 18.9 Å². The number of alkyl halides is 3. The summed E-state index contributed by atoms with van der Waals surface area (Å²) in [7, 11) is 0. The van der Waals surface area contributed by atoms with Crippen molar-refractivity contribution in [2.75, 3.05) is 5.32 Å². The highest BCUT2D eigenvalue weighted by Crippen LogP contribution is 2.36. The largest absolute Gasteiger partial charge is 0.455 e. The van der Waals surface area contributed by atoms with Crippen molar-refractivity contribution in [3.63, 3.8) is 0 Å². The fourth-order valence-electron chi connectivity index (χ4n) is 2.93. The zero-order valence-electron chi connectivity index (χ0n) is 15.9. The normalized spacial score (nSPS) is 13.9. The van der Waals surface area contributed by atoms with Crippen LogP contribution in [-0.2, 0) is 12.7 Å². The van der Waals surface area contributed by atoms with Gasteiger partial charge < -0.3 is 11.1 Å². The van der Waals surface area contributed by atoms with Gasteiger partial charge >= 0.3 is 6.18 Å². The Morgan fingerprint density at radius 2 is 1.91 bits per heavy atom. The monoisotopic (exact) mass is 488 g/mol. The number of benzene rings is 1. The van der Waals surface area contributed by atoms with Crippen molar-refractivity contribution in [1.82, 2.24) is 30.0 Å². The summed E-state index contributed by atoms with van der Waals surface area (Å²) in [5, 5.41) is 16.6. The second-order valence-corrected chi connectivity index (χ2v) is 7.81. The summed E-state index contributed by atoms with van der Waals surface area (Å²) >= 11 is 12.0. The lowest BCUT2D eigenvalue weighted by molar-refractivity contribution is -0.145. The first-order valence-electron chi connectivity index (χ1n) is 9.06. The topological polar surface area (TPSA) is 134 Å². The van der Waals surface area contributed by atoms with Gasteiger partial charge in [-0.15, -0.1) is 10.2 Å². The van der Waals surface area contributed by atoms with Gasteiger partial charge in [-0.05, 0) is 36.3 Å². The highest BCUT2D eigenvalue weighted by molar-refractivity contribution is 6.38. The van der Waals surface area contributed by atoms with Crippen molar-refractivity contribution in [3.05, 3.63) is 51.0 Å². The Hall–Kier alpha value is -3.19. The average molecular weight is 489 g/mol. The summed E-state index contributed by atoms with van der Waals surface area (Å²) in [5.74, 6) is -2.88. The van der Waals surface area contributed by atoms with Gasteiger partial charge in [0.05, 0.1) is 28.0 Å². The molecule has 2 aromatic heterocycles. The number of rotatable bonds is 6. The summed E-state index contributed by atoms with van der Waals surface area (Å²) in [6.07, 6.45) is -3.18. The molecular formula is C17H13Cl2F3N8O2. The smallest absolute Gasteiger partial charge is 0.366 e. The molecule has 1 saturated carbocycles. The number of aromatic nitrogens is 6. The van der Waals surface area contributed by atoms with Gasteiger partial charge in [0, 0.05) is 5.02 Å². The third-order valence-corrected chi connectivity index (χ3v) is 5.00. The summed E-state index contributed by atoms with van der Waals surface area (Å²) in [6, 6.07) is 3.95. The second kappa shape index (κ2) is 8.06. The van der Waals surface area contributed by atoms with Gasteiger partial charge in [-0.1, -0.05) is 23.2 Å². The van der Waals surface area contributed by atoms with Crippen LogP contribution in [0.3, 0.4) is 0 Å². The van der Waals surface area contributed by atoms with Gasteiger partial charge in [-0.3, -0.25) is 14.3 Å². The van der Waals surface area contributed by atoms with E-state index >= 15 is 0 Å². The quantitative estimate of drug-likeness (QED) is 0.547. The molecule has 15 heteroatoms. The van der Waals surface area contributed by atoms with Gasteiger partial charge in [0.1, 0.15) is 12.2 Å². The summed E-state index contributed by atoms with van der Waals surface area (Å²) in [5.41, 5.74) is 5.60. The fourth-order valence-corrected chi connectivity index (χ4v) is 3.47. The lowest BCUT2D eigenvalue weighted by atomic mass is 10.1. The summed E-state index contributed by atoms with van der Waals surface area (Å²) in [4.78, 5) is 25.4. The average Bonchev–Trinajstić information content (AvgIpc) is 3.27. The molecule has 1 aromatic carbocycles. The fraction of sp³-hybridized carbons (Fsp3) is 0.294. The number of anilines is 1. The molecule has 1 aliphatic carbocycles. The molecule has 0 saturated heterocycles. The van der Waals surface area contributed by atoms with E-state index in [1.807, 2.05) is 0 Å². The predicted octanol–water partition coefficient (Wildman–Crippen LogP) is 2.93. The van der Waals surface area contributed by atoms with E-state index in [1.54, 1.807) is 0 Å². The molecule has 3 aromatic rings. The molecule has 1 aliphatic rings. The third kappa shape index (κ3) is 4.53. The number of carbonyl (C=O) groups is 2. The molecule has 0 bridgehead atoms. The first-order chi connectivity index (χ1) is 15.0. The number of hydrogen-bond donors (Lipinski definition) is 2. The molecule has 0 spiro atoms. The van der Waals surface area contributed by atoms with Crippen LogP contribution in [0.25, 0.3) is 0 Å².